The molecule has 1 aromatic rings. The highest BCUT2D eigenvalue weighted by atomic mass is 32.2. The Bertz CT molecular complexity index is 502. The van der Waals surface area contributed by atoms with Gasteiger partial charge in [0.2, 0.25) is 5.12 Å². The quantitative estimate of drug-likeness (QED) is 0.699. The summed E-state index contributed by atoms with van der Waals surface area (Å²) in [4.78, 5) is 26.7. The van der Waals surface area contributed by atoms with Gasteiger partial charge in [-0.1, -0.05) is 12.1 Å². The van der Waals surface area contributed by atoms with E-state index in [1.54, 1.807) is 6.07 Å². The number of thioether (sulfide) groups is 1. The predicted octanol–water partition coefficient (Wildman–Crippen LogP) is 1.51. The fourth-order valence-electron chi connectivity index (χ4n) is 2.18. The number of benzene rings is 1. The average molecular weight is 249 g/mol. The highest BCUT2D eigenvalue weighted by Crippen LogP contribution is 2.34. The fourth-order valence-corrected chi connectivity index (χ4v) is 3.25. The number of amides is 1. The molecule has 0 saturated carbocycles. The topological polar surface area (TPSA) is 46.6 Å². The van der Waals surface area contributed by atoms with Gasteiger partial charge >= 0.3 is 0 Å². The van der Waals surface area contributed by atoms with Crippen LogP contribution in [0.4, 0.5) is 0 Å². The van der Waals surface area contributed by atoms with Gasteiger partial charge in [-0.15, -0.1) is 0 Å². The van der Waals surface area contributed by atoms with E-state index in [0.29, 0.717) is 5.56 Å². The summed E-state index contributed by atoms with van der Waals surface area (Å²) < 4.78 is 5.38. The van der Waals surface area contributed by atoms with Crippen LogP contribution in [0.3, 0.4) is 0 Å². The first-order chi connectivity index (χ1) is 8.18. The van der Waals surface area contributed by atoms with Crippen LogP contribution in [0.1, 0.15) is 17.3 Å². The van der Waals surface area contributed by atoms with Crippen molar-refractivity contribution in [3.63, 3.8) is 0 Å². The molecule has 1 amide bonds. The summed E-state index contributed by atoms with van der Waals surface area (Å²) in [6.45, 7) is 2.03. The normalized spacial score (nSPS) is 27.7. The van der Waals surface area contributed by atoms with Gasteiger partial charge in [0, 0.05) is 4.90 Å². The maximum Gasteiger partial charge on any atom is 0.257 e. The van der Waals surface area contributed by atoms with Crippen LogP contribution in [0.25, 0.3) is 0 Å². The summed E-state index contributed by atoms with van der Waals surface area (Å²) in [5.41, 5.74) is 0.589. The van der Waals surface area contributed by atoms with Crippen molar-refractivity contribution >= 4 is 22.8 Å². The minimum absolute atomic E-state index is 0.0201. The summed E-state index contributed by atoms with van der Waals surface area (Å²) in [5.74, 6) is -0.117. The molecule has 0 bridgehead atoms. The van der Waals surface area contributed by atoms with Crippen LogP contribution in [0.15, 0.2) is 29.2 Å². The van der Waals surface area contributed by atoms with Gasteiger partial charge in [0.25, 0.3) is 5.91 Å². The second-order valence-corrected chi connectivity index (χ2v) is 5.18. The van der Waals surface area contributed by atoms with Crippen LogP contribution < -0.4 is 0 Å². The molecule has 17 heavy (non-hydrogen) atoms. The Balaban J connectivity index is 2.10. The molecule has 0 unspecified atom stereocenters. The standard InChI is InChI=1S/C12H11NO3S/c1-7-10-12(15)17-9-5-3-2-4-8(9)11(14)13(10)6-16-7/h2-5,7,10H,6H2,1H3/t7-,10+/m1/s1. The summed E-state index contributed by atoms with van der Waals surface area (Å²) >= 11 is 1.14. The molecule has 0 N–H and O–H groups in total. The molecule has 0 spiro atoms. The van der Waals surface area contributed by atoms with E-state index >= 15 is 0 Å². The Morgan fingerprint density at radius 1 is 1.35 bits per heavy atom. The van der Waals surface area contributed by atoms with E-state index in [-0.39, 0.29) is 23.9 Å². The van der Waals surface area contributed by atoms with Crippen molar-refractivity contribution in [2.75, 3.05) is 6.73 Å². The summed E-state index contributed by atoms with van der Waals surface area (Å²) in [6, 6.07) is 6.75. The molecule has 2 aliphatic rings. The van der Waals surface area contributed by atoms with Crippen LogP contribution in [-0.4, -0.2) is 34.8 Å². The molecule has 2 aliphatic heterocycles. The molecule has 0 radical (unpaired) electrons. The Morgan fingerprint density at radius 2 is 2.12 bits per heavy atom. The van der Waals surface area contributed by atoms with E-state index in [1.807, 2.05) is 25.1 Å². The van der Waals surface area contributed by atoms with E-state index in [4.69, 9.17) is 4.74 Å². The van der Waals surface area contributed by atoms with E-state index in [1.165, 1.54) is 4.90 Å². The third kappa shape index (κ3) is 1.57. The van der Waals surface area contributed by atoms with Gasteiger partial charge in [-0.2, -0.15) is 0 Å². The molecule has 1 fully saturated rings. The van der Waals surface area contributed by atoms with Crippen LogP contribution in [0.5, 0.6) is 0 Å². The van der Waals surface area contributed by atoms with Gasteiger partial charge in [0.05, 0.1) is 11.7 Å². The van der Waals surface area contributed by atoms with Crippen molar-refractivity contribution in [3.05, 3.63) is 29.8 Å². The number of carbonyl (C=O) groups is 2. The first-order valence-corrected chi connectivity index (χ1v) is 6.23. The number of fused-ring (bicyclic) bond motifs is 2. The van der Waals surface area contributed by atoms with Crippen LogP contribution in [0, 0.1) is 0 Å². The van der Waals surface area contributed by atoms with Crippen LogP contribution in [-0.2, 0) is 9.53 Å². The van der Waals surface area contributed by atoms with Crippen molar-refractivity contribution in [3.8, 4) is 0 Å². The molecule has 5 heteroatoms. The van der Waals surface area contributed by atoms with E-state index in [0.717, 1.165) is 16.7 Å². The maximum atomic E-state index is 12.3. The molecular formula is C12H11NO3S. The maximum absolute atomic E-state index is 12.3. The molecule has 0 aromatic heterocycles. The summed E-state index contributed by atoms with van der Waals surface area (Å²) in [5, 5.41) is -0.0201. The molecule has 88 valence electrons. The predicted molar refractivity (Wildman–Crippen MR) is 62.7 cm³/mol. The van der Waals surface area contributed by atoms with Crippen molar-refractivity contribution in [2.24, 2.45) is 0 Å². The molecule has 4 nitrogen and oxygen atoms in total. The lowest BCUT2D eigenvalue weighted by atomic mass is 10.1. The number of ether oxygens (including phenoxy) is 1. The lowest BCUT2D eigenvalue weighted by molar-refractivity contribution is -0.114. The molecule has 2 atom stereocenters. The summed E-state index contributed by atoms with van der Waals surface area (Å²) in [6.07, 6.45) is -0.228. The largest absolute Gasteiger partial charge is 0.355 e. The second kappa shape index (κ2) is 3.85. The van der Waals surface area contributed by atoms with Gasteiger partial charge < -0.3 is 9.64 Å². The summed E-state index contributed by atoms with van der Waals surface area (Å²) in [7, 11) is 0. The number of rotatable bonds is 0. The molecule has 2 heterocycles. The molecule has 3 rings (SSSR count). The number of hydrogen-bond acceptors (Lipinski definition) is 4. The van der Waals surface area contributed by atoms with Gasteiger partial charge in [-0.25, -0.2) is 0 Å². The van der Waals surface area contributed by atoms with E-state index < -0.39 is 6.04 Å². The Kier molecular flexibility index (Phi) is 2.45. The highest BCUT2D eigenvalue weighted by Gasteiger charge is 2.43. The van der Waals surface area contributed by atoms with Crippen LogP contribution >= 0.6 is 11.8 Å². The monoisotopic (exact) mass is 249 g/mol. The molecule has 1 saturated heterocycles. The first-order valence-electron chi connectivity index (χ1n) is 5.42. The van der Waals surface area contributed by atoms with Crippen molar-refractivity contribution in [1.29, 1.82) is 0 Å². The fraction of sp³-hybridized carbons (Fsp3) is 0.333. The molecule has 0 aliphatic carbocycles. The van der Waals surface area contributed by atoms with Gasteiger partial charge in [-0.3, -0.25) is 9.59 Å². The SMILES string of the molecule is C[C@H]1OCN2C(=O)c3ccccc3SC(=O)[C@H]12. The second-order valence-electron chi connectivity index (χ2n) is 4.14. The van der Waals surface area contributed by atoms with Crippen molar-refractivity contribution < 1.29 is 14.3 Å². The molecule has 1 aromatic carbocycles. The number of hydrogen-bond donors (Lipinski definition) is 0. The lowest BCUT2D eigenvalue weighted by Crippen LogP contribution is -2.41. The van der Waals surface area contributed by atoms with Gasteiger partial charge in [0.15, 0.2) is 0 Å². The average Bonchev–Trinajstić information content (AvgIpc) is 2.66. The highest BCUT2D eigenvalue weighted by molar-refractivity contribution is 8.13. The Labute approximate surface area is 103 Å². The third-order valence-electron chi connectivity index (χ3n) is 3.09. The lowest BCUT2D eigenvalue weighted by Gasteiger charge is -2.19. The van der Waals surface area contributed by atoms with E-state index in [2.05, 4.69) is 0 Å². The minimum atomic E-state index is -0.458. The number of nitrogens with zero attached hydrogens (tertiary/aromatic N) is 1. The van der Waals surface area contributed by atoms with E-state index in [9.17, 15) is 9.59 Å². The minimum Gasteiger partial charge on any atom is -0.355 e. The Hall–Kier alpha value is -1.33. The van der Waals surface area contributed by atoms with Crippen LogP contribution in [0.2, 0.25) is 0 Å². The Morgan fingerprint density at radius 3 is 2.94 bits per heavy atom. The van der Waals surface area contributed by atoms with Gasteiger partial charge in [-0.05, 0) is 30.8 Å². The van der Waals surface area contributed by atoms with Crippen molar-refractivity contribution in [1.82, 2.24) is 4.90 Å². The zero-order chi connectivity index (χ0) is 12.0. The third-order valence-corrected chi connectivity index (χ3v) is 4.11. The number of carbonyl (C=O) groups excluding carboxylic acids is 2. The first kappa shape index (κ1) is 10.8. The van der Waals surface area contributed by atoms with Gasteiger partial charge in [0.1, 0.15) is 12.8 Å². The zero-order valence-corrected chi connectivity index (χ0v) is 10.1. The zero-order valence-electron chi connectivity index (χ0n) is 9.25. The smallest absolute Gasteiger partial charge is 0.257 e. The molecular weight excluding hydrogens is 238 g/mol. The van der Waals surface area contributed by atoms with Crippen molar-refractivity contribution in [2.45, 2.75) is 24.0 Å².